The van der Waals surface area contributed by atoms with Gasteiger partial charge in [0, 0.05) is 38.4 Å². The lowest BCUT2D eigenvalue weighted by Crippen LogP contribution is -2.46. The van der Waals surface area contributed by atoms with Crippen LogP contribution in [0.2, 0.25) is 0 Å². The lowest BCUT2D eigenvalue weighted by Gasteiger charge is -2.34. The Kier molecular flexibility index (Phi) is 3.31. The Morgan fingerprint density at radius 2 is 1.90 bits per heavy atom. The molecule has 112 valence electrons. The van der Waals surface area contributed by atoms with Crippen LogP contribution in [0.25, 0.3) is 11.1 Å². The van der Waals surface area contributed by atoms with Crippen molar-refractivity contribution in [3.63, 3.8) is 0 Å². The zero-order valence-corrected chi connectivity index (χ0v) is 12.3. The van der Waals surface area contributed by atoms with Crippen LogP contribution in [0.1, 0.15) is 18.7 Å². The molecule has 2 N–H and O–H groups in total. The molecule has 0 amide bonds. The van der Waals surface area contributed by atoms with Crippen LogP contribution in [0.5, 0.6) is 0 Å². The summed E-state index contributed by atoms with van der Waals surface area (Å²) in [4.78, 5) is 9.57. The molecule has 4 rings (SSSR count). The lowest BCUT2D eigenvalue weighted by atomic mass is 10.3. The fourth-order valence-corrected chi connectivity index (χ4v) is 3.05. The molecule has 1 aliphatic heterocycles. The van der Waals surface area contributed by atoms with Crippen molar-refractivity contribution >= 4 is 16.8 Å². The van der Waals surface area contributed by atoms with Gasteiger partial charge in [0.2, 0.25) is 5.89 Å². The molecule has 0 bridgehead atoms. The molecular weight excluding hydrogens is 264 g/mol. The molecule has 0 radical (unpaired) electrons. The van der Waals surface area contributed by atoms with E-state index in [0.29, 0.717) is 0 Å². The van der Waals surface area contributed by atoms with Crippen LogP contribution in [-0.4, -0.2) is 47.5 Å². The number of anilines is 1. The Bertz CT molecular complexity index is 626. The minimum Gasteiger partial charge on any atom is -0.439 e. The van der Waals surface area contributed by atoms with Crippen molar-refractivity contribution < 1.29 is 4.42 Å². The van der Waals surface area contributed by atoms with E-state index in [9.17, 15) is 0 Å². The highest BCUT2D eigenvalue weighted by molar-refractivity contribution is 5.76. The monoisotopic (exact) mass is 286 g/mol. The first-order valence-corrected chi connectivity index (χ1v) is 7.86. The van der Waals surface area contributed by atoms with Gasteiger partial charge in [0.25, 0.3) is 0 Å². The zero-order valence-electron chi connectivity index (χ0n) is 12.3. The van der Waals surface area contributed by atoms with E-state index in [1.807, 2.05) is 18.2 Å². The summed E-state index contributed by atoms with van der Waals surface area (Å²) in [5.41, 5.74) is 8.20. The number of fused-ring (bicyclic) bond motifs is 1. The van der Waals surface area contributed by atoms with Crippen LogP contribution < -0.4 is 5.73 Å². The van der Waals surface area contributed by atoms with Crippen molar-refractivity contribution in [2.24, 2.45) is 5.92 Å². The van der Waals surface area contributed by atoms with E-state index in [0.717, 1.165) is 48.2 Å². The maximum atomic E-state index is 5.81. The fraction of sp³-hybridized carbons (Fsp3) is 0.562. The van der Waals surface area contributed by atoms with E-state index in [2.05, 4.69) is 14.8 Å². The van der Waals surface area contributed by atoms with Gasteiger partial charge in [-0.3, -0.25) is 4.90 Å². The van der Waals surface area contributed by atoms with E-state index in [-0.39, 0.29) is 0 Å². The van der Waals surface area contributed by atoms with E-state index >= 15 is 0 Å². The number of aromatic nitrogens is 1. The highest BCUT2D eigenvalue weighted by atomic mass is 16.3. The highest BCUT2D eigenvalue weighted by Gasteiger charge is 2.26. The minimum absolute atomic E-state index is 0.732. The third-order valence-corrected chi connectivity index (χ3v) is 4.49. The molecule has 1 aromatic heterocycles. The molecule has 1 aromatic carbocycles. The molecule has 2 aliphatic rings. The molecule has 0 spiro atoms. The number of benzene rings is 1. The number of nitrogen functional groups attached to an aromatic ring is 1. The van der Waals surface area contributed by atoms with Gasteiger partial charge in [-0.15, -0.1) is 0 Å². The molecule has 1 aliphatic carbocycles. The van der Waals surface area contributed by atoms with E-state index in [1.54, 1.807) is 0 Å². The fourth-order valence-electron chi connectivity index (χ4n) is 3.05. The standard InChI is InChI=1S/C16H22N4O/c17-13-3-4-15-14(9-13)18-16(21-15)11-20-7-5-19(6-8-20)10-12-1-2-12/h3-4,9,12H,1-2,5-8,10-11,17H2. The first-order chi connectivity index (χ1) is 10.3. The molecule has 5 nitrogen and oxygen atoms in total. The molecule has 2 heterocycles. The Labute approximate surface area is 124 Å². The van der Waals surface area contributed by atoms with Gasteiger partial charge in [0.1, 0.15) is 5.52 Å². The summed E-state index contributed by atoms with van der Waals surface area (Å²) < 4.78 is 5.81. The van der Waals surface area contributed by atoms with Crippen molar-refractivity contribution in [1.29, 1.82) is 0 Å². The number of hydrogen-bond donors (Lipinski definition) is 1. The second-order valence-corrected chi connectivity index (χ2v) is 6.35. The summed E-state index contributed by atoms with van der Waals surface area (Å²) in [7, 11) is 0. The summed E-state index contributed by atoms with van der Waals surface area (Å²) in [5, 5.41) is 0. The average molecular weight is 286 g/mol. The second-order valence-electron chi connectivity index (χ2n) is 6.35. The number of nitrogens with zero attached hydrogens (tertiary/aromatic N) is 3. The number of oxazole rings is 1. The average Bonchev–Trinajstić information content (AvgIpc) is 3.20. The lowest BCUT2D eigenvalue weighted by molar-refractivity contribution is 0.116. The zero-order chi connectivity index (χ0) is 14.2. The van der Waals surface area contributed by atoms with Gasteiger partial charge in [-0.2, -0.15) is 0 Å². The molecule has 2 fully saturated rings. The third kappa shape index (κ3) is 3.04. The van der Waals surface area contributed by atoms with Crippen molar-refractivity contribution in [3.8, 4) is 0 Å². The Hall–Kier alpha value is -1.59. The van der Waals surface area contributed by atoms with Crippen LogP contribution in [0.15, 0.2) is 22.6 Å². The first-order valence-electron chi connectivity index (χ1n) is 7.86. The maximum absolute atomic E-state index is 5.81. The van der Waals surface area contributed by atoms with Gasteiger partial charge in [0.15, 0.2) is 5.58 Å². The topological polar surface area (TPSA) is 58.5 Å². The van der Waals surface area contributed by atoms with Gasteiger partial charge in [-0.1, -0.05) is 0 Å². The largest absolute Gasteiger partial charge is 0.439 e. The predicted molar refractivity (Wildman–Crippen MR) is 82.9 cm³/mol. The summed E-state index contributed by atoms with van der Waals surface area (Å²) >= 11 is 0. The SMILES string of the molecule is Nc1ccc2oc(CN3CCN(CC4CC4)CC3)nc2c1. The summed E-state index contributed by atoms with van der Waals surface area (Å²) in [6.07, 6.45) is 2.87. The van der Waals surface area contributed by atoms with Crippen molar-refractivity contribution in [1.82, 2.24) is 14.8 Å². The smallest absolute Gasteiger partial charge is 0.209 e. The quantitative estimate of drug-likeness (QED) is 0.870. The Morgan fingerprint density at radius 3 is 2.67 bits per heavy atom. The highest BCUT2D eigenvalue weighted by Crippen LogP contribution is 2.30. The Morgan fingerprint density at radius 1 is 1.14 bits per heavy atom. The molecule has 21 heavy (non-hydrogen) atoms. The number of piperazine rings is 1. The predicted octanol–water partition coefficient (Wildman–Crippen LogP) is 1.94. The molecule has 5 heteroatoms. The molecule has 1 saturated carbocycles. The molecule has 0 atom stereocenters. The van der Waals surface area contributed by atoms with Crippen molar-refractivity contribution in [2.45, 2.75) is 19.4 Å². The van der Waals surface area contributed by atoms with Crippen LogP contribution in [-0.2, 0) is 6.54 Å². The molecule has 2 aromatic rings. The van der Waals surface area contributed by atoms with E-state index < -0.39 is 0 Å². The second kappa shape index (κ2) is 5.31. The Balaban J connectivity index is 1.36. The van der Waals surface area contributed by atoms with Gasteiger partial charge < -0.3 is 15.1 Å². The normalized spacial score (nSPS) is 21.1. The van der Waals surface area contributed by atoms with Crippen molar-refractivity contribution in [3.05, 3.63) is 24.1 Å². The number of nitrogens with two attached hydrogens (primary N) is 1. The molecular formula is C16H22N4O. The maximum Gasteiger partial charge on any atom is 0.209 e. The number of hydrogen-bond acceptors (Lipinski definition) is 5. The first kappa shape index (κ1) is 13.1. The van der Waals surface area contributed by atoms with Crippen LogP contribution in [0.3, 0.4) is 0 Å². The minimum atomic E-state index is 0.732. The third-order valence-electron chi connectivity index (χ3n) is 4.49. The summed E-state index contributed by atoms with van der Waals surface area (Å²) in [6, 6.07) is 5.62. The number of rotatable bonds is 4. The molecule has 1 saturated heterocycles. The van der Waals surface area contributed by atoms with Crippen LogP contribution >= 0.6 is 0 Å². The summed E-state index contributed by atoms with van der Waals surface area (Å²) in [6.45, 7) is 6.65. The van der Waals surface area contributed by atoms with E-state index in [1.165, 1.54) is 32.5 Å². The molecule has 0 unspecified atom stereocenters. The summed E-state index contributed by atoms with van der Waals surface area (Å²) in [5.74, 6) is 1.78. The van der Waals surface area contributed by atoms with Gasteiger partial charge >= 0.3 is 0 Å². The van der Waals surface area contributed by atoms with Crippen LogP contribution in [0, 0.1) is 5.92 Å². The van der Waals surface area contributed by atoms with Crippen molar-refractivity contribution in [2.75, 3.05) is 38.5 Å². The van der Waals surface area contributed by atoms with Gasteiger partial charge in [-0.25, -0.2) is 4.98 Å². The van der Waals surface area contributed by atoms with Gasteiger partial charge in [0.05, 0.1) is 6.54 Å². The van der Waals surface area contributed by atoms with Crippen LogP contribution in [0.4, 0.5) is 5.69 Å². The van der Waals surface area contributed by atoms with Gasteiger partial charge in [-0.05, 0) is 37.0 Å². The van der Waals surface area contributed by atoms with E-state index in [4.69, 9.17) is 10.2 Å².